The summed E-state index contributed by atoms with van der Waals surface area (Å²) < 4.78 is 32.2. The molecule has 11 heteroatoms. The molecular weight excluding hydrogens is 525 g/mol. The zero-order valence-corrected chi connectivity index (χ0v) is 23.3. The average Bonchev–Trinajstić information content (AvgIpc) is 2.82. The van der Waals surface area contributed by atoms with Crippen LogP contribution in [0.4, 0.5) is 5.69 Å². The summed E-state index contributed by atoms with van der Waals surface area (Å²) >= 11 is 12.7. The Balaban J connectivity index is 2.53. The molecule has 198 valence electrons. The second-order valence-electron chi connectivity index (χ2n) is 8.11. The Morgan fingerprint density at radius 1 is 1.03 bits per heavy atom. The Morgan fingerprint density at radius 3 is 2.22 bits per heavy atom. The first kappa shape index (κ1) is 29.7. The normalized spacial score (nSPS) is 12.1. The molecule has 0 heterocycles. The van der Waals surface area contributed by atoms with E-state index in [0.29, 0.717) is 40.9 Å². The maximum absolute atomic E-state index is 13.8. The largest absolute Gasteiger partial charge is 0.492 e. The first-order valence-electron chi connectivity index (χ1n) is 11.7. The molecule has 8 nitrogen and oxygen atoms in total. The first-order valence-corrected chi connectivity index (χ1v) is 14.3. The van der Waals surface area contributed by atoms with E-state index in [9.17, 15) is 18.0 Å². The lowest BCUT2D eigenvalue weighted by atomic mass is 10.1. The maximum Gasteiger partial charge on any atom is 0.244 e. The number of para-hydroxylation sites is 2. The number of rotatable bonds is 13. The van der Waals surface area contributed by atoms with Crippen LogP contribution in [0, 0.1) is 0 Å². The predicted molar refractivity (Wildman–Crippen MR) is 144 cm³/mol. The van der Waals surface area contributed by atoms with E-state index in [4.69, 9.17) is 27.9 Å². The SMILES string of the molecule is CCCNC(=O)[C@@H](CC)N(Cc1c(Cl)cccc1Cl)C(=O)CN(c1ccccc1OCC)S(C)(=O)=O. The number of carbonyl (C=O) groups is 2. The van der Waals surface area contributed by atoms with Crippen LogP contribution in [0.1, 0.15) is 39.2 Å². The molecule has 0 unspecified atom stereocenters. The van der Waals surface area contributed by atoms with Crippen LogP contribution < -0.4 is 14.4 Å². The summed E-state index contributed by atoms with van der Waals surface area (Å²) in [5.41, 5.74) is 0.700. The number of halogens is 2. The minimum absolute atomic E-state index is 0.0693. The quantitative estimate of drug-likeness (QED) is 0.391. The van der Waals surface area contributed by atoms with Gasteiger partial charge < -0.3 is 15.0 Å². The second-order valence-corrected chi connectivity index (χ2v) is 10.8. The molecule has 0 radical (unpaired) electrons. The van der Waals surface area contributed by atoms with Gasteiger partial charge in [-0.15, -0.1) is 0 Å². The van der Waals surface area contributed by atoms with Gasteiger partial charge in [-0.2, -0.15) is 0 Å². The van der Waals surface area contributed by atoms with Crippen LogP contribution in [0.25, 0.3) is 0 Å². The monoisotopic (exact) mass is 557 g/mol. The summed E-state index contributed by atoms with van der Waals surface area (Å²) in [6.45, 7) is 5.64. The molecule has 0 saturated carbocycles. The molecule has 0 aliphatic heterocycles. The van der Waals surface area contributed by atoms with Gasteiger partial charge in [0, 0.05) is 28.7 Å². The number of sulfonamides is 1. The number of hydrogen-bond acceptors (Lipinski definition) is 5. The minimum atomic E-state index is -3.89. The maximum atomic E-state index is 13.8. The minimum Gasteiger partial charge on any atom is -0.492 e. The third-order valence-corrected chi connectivity index (χ3v) is 7.27. The molecule has 0 aliphatic carbocycles. The third-order valence-electron chi connectivity index (χ3n) is 5.44. The van der Waals surface area contributed by atoms with E-state index in [2.05, 4.69) is 5.32 Å². The summed E-state index contributed by atoms with van der Waals surface area (Å²) in [7, 11) is -3.89. The van der Waals surface area contributed by atoms with Crippen molar-refractivity contribution in [1.29, 1.82) is 0 Å². The van der Waals surface area contributed by atoms with E-state index < -0.39 is 28.5 Å². The van der Waals surface area contributed by atoms with E-state index in [1.165, 1.54) is 4.90 Å². The fourth-order valence-electron chi connectivity index (χ4n) is 3.67. The number of nitrogens with zero attached hydrogens (tertiary/aromatic N) is 2. The van der Waals surface area contributed by atoms with Crippen molar-refractivity contribution in [3.8, 4) is 5.75 Å². The van der Waals surface area contributed by atoms with E-state index >= 15 is 0 Å². The van der Waals surface area contributed by atoms with Crippen LogP contribution in [0.15, 0.2) is 42.5 Å². The molecule has 0 spiro atoms. The molecule has 0 fully saturated rings. The van der Waals surface area contributed by atoms with Gasteiger partial charge >= 0.3 is 0 Å². The van der Waals surface area contributed by atoms with Crippen LogP contribution in [-0.4, -0.2) is 57.1 Å². The smallest absolute Gasteiger partial charge is 0.244 e. The standard InChI is InChI=1S/C25H33Cl2N3O5S/c1-5-15-28-25(32)21(6-2)29(16-18-19(26)11-10-12-20(18)27)24(31)17-30(36(4,33)34)22-13-8-9-14-23(22)35-7-3/h8-14,21H,5-7,15-17H2,1-4H3,(H,28,32)/t21-/m1/s1. The molecule has 2 aromatic carbocycles. The van der Waals surface area contributed by atoms with Crippen LogP contribution in [0.2, 0.25) is 10.0 Å². The number of hydrogen-bond donors (Lipinski definition) is 1. The van der Waals surface area contributed by atoms with Crippen molar-refractivity contribution in [2.24, 2.45) is 0 Å². The second kappa shape index (κ2) is 13.7. The highest BCUT2D eigenvalue weighted by atomic mass is 35.5. The molecule has 0 saturated heterocycles. The Labute approximate surface area is 223 Å². The molecule has 2 rings (SSSR count). The van der Waals surface area contributed by atoms with Crippen LogP contribution in [0.5, 0.6) is 5.75 Å². The molecule has 1 atom stereocenters. The number of nitrogens with one attached hydrogen (secondary N) is 1. The van der Waals surface area contributed by atoms with Crippen LogP contribution in [-0.2, 0) is 26.2 Å². The van der Waals surface area contributed by atoms with Crippen LogP contribution >= 0.6 is 23.2 Å². The number of amides is 2. The first-order chi connectivity index (χ1) is 17.0. The van der Waals surface area contributed by atoms with Crippen molar-refractivity contribution >= 4 is 50.7 Å². The van der Waals surface area contributed by atoms with Gasteiger partial charge in [-0.3, -0.25) is 13.9 Å². The van der Waals surface area contributed by atoms with E-state index in [-0.39, 0.29) is 18.1 Å². The Bertz CT molecular complexity index is 1140. The van der Waals surface area contributed by atoms with Gasteiger partial charge in [-0.05, 0) is 44.0 Å². The van der Waals surface area contributed by atoms with Gasteiger partial charge in [-0.1, -0.05) is 55.2 Å². The molecular formula is C25H33Cl2N3O5S. The highest BCUT2D eigenvalue weighted by Gasteiger charge is 2.33. The molecule has 0 bridgehead atoms. The summed E-state index contributed by atoms with van der Waals surface area (Å²) in [6.07, 6.45) is 2.05. The average molecular weight is 559 g/mol. The Kier molecular flexibility index (Phi) is 11.3. The highest BCUT2D eigenvalue weighted by molar-refractivity contribution is 7.92. The van der Waals surface area contributed by atoms with Gasteiger partial charge in [-0.25, -0.2) is 8.42 Å². The fourth-order valence-corrected chi connectivity index (χ4v) is 5.04. The topological polar surface area (TPSA) is 96.0 Å². The summed E-state index contributed by atoms with van der Waals surface area (Å²) in [6, 6.07) is 10.7. The lowest BCUT2D eigenvalue weighted by molar-refractivity contribution is -0.140. The van der Waals surface area contributed by atoms with Gasteiger partial charge in [0.25, 0.3) is 0 Å². The molecule has 0 aromatic heterocycles. The molecule has 0 aliphatic rings. The third kappa shape index (κ3) is 7.75. The summed E-state index contributed by atoms with van der Waals surface area (Å²) in [5.74, 6) is -0.593. The predicted octanol–water partition coefficient (Wildman–Crippen LogP) is 4.49. The van der Waals surface area contributed by atoms with Gasteiger partial charge in [0.05, 0.1) is 18.6 Å². The molecule has 36 heavy (non-hydrogen) atoms. The van der Waals surface area contributed by atoms with Gasteiger partial charge in [0.2, 0.25) is 21.8 Å². The number of benzene rings is 2. The van der Waals surface area contributed by atoms with Gasteiger partial charge in [0.1, 0.15) is 18.3 Å². The molecule has 2 amide bonds. The molecule has 1 N–H and O–H groups in total. The van der Waals surface area contributed by atoms with Crippen molar-refractivity contribution in [1.82, 2.24) is 10.2 Å². The number of carbonyl (C=O) groups excluding carboxylic acids is 2. The Morgan fingerprint density at radius 2 is 1.67 bits per heavy atom. The van der Waals surface area contributed by atoms with E-state index in [0.717, 1.165) is 17.0 Å². The van der Waals surface area contributed by atoms with E-state index in [1.807, 2.05) is 6.92 Å². The zero-order chi connectivity index (χ0) is 26.9. The molecule has 2 aromatic rings. The van der Waals surface area contributed by atoms with Crippen molar-refractivity contribution in [3.63, 3.8) is 0 Å². The highest BCUT2D eigenvalue weighted by Crippen LogP contribution is 2.31. The fraction of sp³-hybridized carbons (Fsp3) is 0.440. The lowest BCUT2D eigenvalue weighted by Gasteiger charge is -2.33. The summed E-state index contributed by atoms with van der Waals surface area (Å²) in [4.78, 5) is 28.1. The van der Waals surface area contributed by atoms with Crippen molar-refractivity contribution in [3.05, 3.63) is 58.1 Å². The Hall–Kier alpha value is -2.49. The lowest BCUT2D eigenvalue weighted by Crippen LogP contribution is -2.52. The zero-order valence-electron chi connectivity index (χ0n) is 21.0. The number of ether oxygens (including phenoxy) is 1. The number of anilines is 1. The van der Waals surface area contributed by atoms with Crippen molar-refractivity contribution in [2.75, 3.05) is 30.3 Å². The van der Waals surface area contributed by atoms with Crippen molar-refractivity contribution < 1.29 is 22.7 Å². The van der Waals surface area contributed by atoms with E-state index in [1.54, 1.807) is 56.3 Å². The van der Waals surface area contributed by atoms with Crippen LogP contribution in [0.3, 0.4) is 0 Å². The van der Waals surface area contributed by atoms with Crippen molar-refractivity contribution in [2.45, 2.75) is 46.2 Å². The summed E-state index contributed by atoms with van der Waals surface area (Å²) in [5, 5.41) is 3.50. The van der Waals surface area contributed by atoms with Gasteiger partial charge in [0.15, 0.2) is 0 Å².